The zero-order valence-electron chi connectivity index (χ0n) is 13.6. The summed E-state index contributed by atoms with van der Waals surface area (Å²) in [7, 11) is 0. The van der Waals surface area contributed by atoms with E-state index in [1.54, 1.807) is 0 Å². The number of aliphatic hydroxyl groups excluding tert-OH is 2. The Morgan fingerprint density at radius 1 is 0.464 bits per heavy atom. The van der Waals surface area contributed by atoms with E-state index >= 15 is 0 Å². The Morgan fingerprint density at radius 3 is 1.04 bits per heavy atom. The Bertz CT molecular complexity index is 830. The zero-order valence-corrected chi connectivity index (χ0v) is 19.6. The third-order valence-electron chi connectivity index (χ3n) is 3.37. The Balaban J connectivity index is 2.98. The minimum absolute atomic E-state index is 0.0275. The summed E-state index contributed by atoms with van der Waals surface area (Å²) in [4.78, 5) is 0. The molecule has 0 atom stereocenters. The lowest BCUT2D eigenvalue weighted by atomic mass is 10.0. The minimum Gasteiger partial charge on any atom is -0.489 e. The first-order chi connectivity index (χ1) is 13.2. The van der Waals surface area contributed by atoms with Crippen LogP contribution in [0.5, 0.6) is 11.5 Å². The van der Waals surface area contributed by atoms with Crippen LogP contribution >= 0.6 is 92.8 Å². The van der Waals surface area contributed by atoms with Crippen molar-refractivity contribution in [3.05, 3.63) is 40.2 Å². The van der Waals surface area contributed by atoms with Crippen molar-refractivity contribution in [3.8, 4) is 22.6 Å². The molecule has 0 aliphatic carbocycles. The molecule has 2 aromatic rings. The molecule has 0 saturated carbocycles. The van der Waals surface area contributed by atoms with Gasteiger partial charge in [-0.25, -0.2) is 0 Å². The van der Waals surface area contributed by atoms with E-state index < -0.39 is 0 Å². The van der Waals surface area contributed by atoms with Gasteiger partial charge in [0.05, 0.1) is 54.5 Å². The maximum atomic E-state index is 9.12. The molecule has 28 heavy (non-hydrogen) atoms. The van der Waals surface area contributed by atoms with Gasteiger partial charge >= 0.3 is 0 Å². The number of benzene rings is 2. The Morgan fingerprint density at radius 2 is 0.750 bits per heavy atom. The lowest BCUT2D eigenvalue weighted by Gasteiger charge is -2.22. The average molecular weight is 550 g/mol. The summed E-state index contributed by atoms with van der Waals surface area (Å²) in [5.41, 5.74) is 0.154. The van der Waals surface area contributed by atoms with Crippen molar-refractivity contribution < 1.29 is 19.7 Å². The van der Waals surface area contributed by atoms with Crippen molar-refractivity contribution >= 4 is 92.8 Å². The molecular weight excluding hydrogens is 540 g/mol. The first-order valence-corrected chi connectivity index (χ1v) is 10.4. The molecule has 2 aromatic carbocycles. The van der Waals surface area contributed by atoms with Gasteiger partial charge in [-0.1, -0.05) is 92.8 Å². The molecule has 0 aromatic heterocycles. The standard InChI is InChI=1S/C16H10Cl8O4/c17-7-5(15(27-3-1-25)13(23)11(21)9(7)19)6-8(18)10(20)12(22)14(24)16(6)28-4-2-26/h25-26H,1-4H2. The number of rotatable bonds is 7. The summed E-state index contributed by atoms with van der Waals surface area (Å²) in [5.74, 6) is -0.0550. The highest BCUT2D eigenvalue weighted by Gasteiger charge is 2.30. The second-order valence-corrected chi connectivity index (χ2v) is 8.09. The zero-order chi connectivity index (χ0) is 21.2. The molecule has 12 heteroatoms. The minimum atomic E-state index is -0.322. The van der Waals surface area contributed by atoms with Crippen molar-refractivity contribution in [1.82, 2.24) is 0 Å². The van der Waals surface area contributed by atoms with Crippen molar-refractivity contribution in [2.75, 3.05) is 26.4 Å². The van der Waals surface area contributed by atoms with Crippen LogP contribution < -0.4 is 9.47 Å². The van der Waals surface area contributed by atoms with E-state index in [0.29, 0.717) is 0 Å². The van der Waals surface area contributed by atoms with Crippen LogP contribution in [0.15, 0.2) is 0 Å². The van der Waals surface area contributed by atoms with Gasteiger partial charge in [-0.2, -0.15) is 0 Å². The summed E-state index contributed by atoms with van der Waals surface area (Å²) in [6.45, 7) is -0.921. The molecule has 0 amide bonds. The van der Waals surface area contributed by atoms with Crippen LogP contribution in [0.3, 0.4) is 0 Å². The third-order valence-corrected chi connectivity index (χ3v) is 6.94. The SMILES string of the molecule is OCCOc1c(Cl)c(Cl)c(Cl)c(Cl)c1-c1c(Cl)c(Cl)c(Cl)c(Cl)c1OCCO. The topological polar surface area (TPSA) is 58.9 Å². The summed E-state index contributed by atoms with van der Waals surface area (Å²) < 4.78 is 11.0. The van der Waals surface area contributed by atoms with E-state index in [-0.39, 0.29) is 89.2 Å². The van der Waals surface area contributed by atoms with Gasteiger partial charge in [0.1, 0.15) is 34.8 Å². The van der Waals surface area contributed by atoms with E-state index in [2.05, 4.69) is 0 Å². The van der Waals surface area contributed by atoms with E-state index in [0.717, 1.165) is 0 Å². The van der Waals surface area contributed by atoms with E-state index in [1.807, 2.05) is 0 Å². The number of hydrogen-bond donors (Lipinski definition) is 2. The fourth-order valence-corrected chi connectivity index (χ4v) is 4.20. The van der Waals surface area contributed by atoms with Gasteiger partial charge in [0.25, 0.3) is 0 Å². The van der Waals surface area contributed by atoms with Crippen molar-refractivity contribution in [3.63, 3.8) is 0 Å². The average Bonchev–Trinajstić information content (AvgIpc) is 2.69. The van der Waals surface area contributed by atoms with Gasteiger partial charge < -0.3 is 19.7 Å². The van der Waals surface area contributed by atoms with Crippen molar-refractivity contribution in [2.45, 2.75) is 0 Å². The molecule has 0 spiro atoms. The fraction of sp³-hybridized carbons (Fsp3) is 0.250. The van der Waals surface area contributed by atoms with Crippen LogP contribution in [0.2, 0.25) is 40.2 Å². The van der Waals surface area contributed by atoms with E-state index in [1.165, 1.54) is 0 Å². The van der Waals surface area contributed by atoms with Crippen LogP contribution in [-0.2, 0) is 0 Å². The van der Waals surface area contributed by atoms with Crippen LogP contribution in [0, 0.1) is 0 Å². The normalized spacial score (nSPS) is 11.1. The third kappa shape index (κ3) is 4.62. The molecule has 154 valence electrons. The highest BCUT2D eigenvalue weighted by Crippen LogP contribution is 2.57. The van der Waals surface area contributed by atoms with E-state index in [9.17, 15) is 0 Å². The molecule has 0 heterocycles. The van der Waals surface area contributed by atoms with E-state index in [4.69, 9.17) is 112 Å². The Hall–Kier alpha value is 0.280. The predicted octanol–water partition coefficient (Wildman–Crippen LogP) is 7.32. The first kappa shape index (κ1) is 24.5. The van der Waals surface area contributed by atoms with Crippen LogP contribution in [0.1, 0.15) is 0 Å². The van der Waals surface area contributed by atoms with Crippen molar-refractivity contribution in [1.29, 1.82) is 0 Å². The Kier molecular flexibility index (Phi) is 9.24. The predicted molar refractivity (Wildman–Crippen MR) is 117 cm³/mol. The molecular formula is C16H10Cl8O4. The van der Waals surface area contributed by atoms with Crippen LogP contribution in [0.4, 0.5) is 0 Å². The molecule has 2 N–H and O–H groups in total. The fourth-order valence-electron chi connectivity index (χ4n) is 2.24. The Labute approximate surface area is 200 Å². The maximum absolute atomic E-state index is 9.12. The number of ether oxygens (including phenoxy) is 2. The number of hydrogen-bond acceptors (Lipinski definition) is 4. The number of halogens is 8. The summed E-state index contributed by atoms with van der Waals surface area (Å²) in [6, 6.07) is 0. The molecule has 0 saturated heterocycles. The van der Waals surface area contributed by atoms with Gasteiger partial charge in [-0.05, 0) is 0 Å². The molecule has 0 aliphatic heterocycles. The molecule has 0 fully saturated rings. The summed E-state index contributed by atoms with van der Waals surface area (Å²) in [6.07, 6.45) is 0. The molecule has 2 rings (SSSR count). The first-order valence-electron chi connectivity index (χ1n) is 7.38. The van der Waals surface area contributed by atoms with Gasteiger partial charge in [-0.15, -0.1) is 0 Å². The molecule has 0 aliphatic rings. The van der Waals surface area contributed by atoms with Gasteiger partial charge in [0.15, 0.2) is 0 Å². The lowest BCUT2D eigenvalue weighted by Crippen LogP contribution is -2.07. The highest BCUT2D eigenvalue weighted by molar-refractivity contribution is 6.56. The second-order valence-electron chi connectivity index (χ2n) is 5.06. The monoisotopic (exact) mass is 546 g/mol. The summed E-state index contributed by atoms with van der Waals surface area (Å²) in [5, 5.41) is 17.7. The number of aliphatic hydroxyl groups is 2. The van der Waals surface area contributed by atoms with Gasteiger partial charge in [0, 0.05) is 0 Å². The lowest BCUT2D eigenvalue weighted by molar-refractivity contribution is 0.200. The summed E-state index contributed by atoms with van der Waals surface area (Å²) >= 11 is 50.0. The molecule has 0 bridgehead atoms. The van der Waals surface area contributed by atoms with Crippen molar-refractivity contribution in [2.24, 2.45) is 0 Å². The second kappa shape index (κ2) is 10.5. The smallest absolute Gasteiger partial charge is 0.149 e. The molecule has 4 nitrogen and oxygen atoms in total. The molecule has 0 unspecified atom stereocenters. The van der Waals surface area contributed by atoms with Gasteiger partial charge in [0.2, 0.25) is 0 Å². The van der Waals surface area contributed by atoms with Gasteiger partial charge in [-0.3, -0.25) is 0 Å². The van der Waals surface area contributed by atoms with Crippen LogP contribution in [-0.4, -0.2) is 36.6 Å². The highest BCUT2D eigenvalue weighted by atomic mass is 35.5. The quantitative estimate of drug-likeness (QED) is 0.281. The van der Waals surface area contributed by atoms with Crippen LogP contribution in [0.25, 0.3) is 11.1 Å². The largest absolute Gasteiger partial charge is 0.489 e. The molecule has 0 radical (unpaired) electrons. The maximum Gasteiger partial charge on any atom is 0.149 e.